The zero-order chi connectivity index (χ0) is 12.3. The van der Waals surface area contributed by atoms with Crippen molar-refractivity contribution in [2.45, 2.75) is 5.92 Å². The number of ether oxygens (including phenoxy) is 1. The number of nitrogens with two attached hydrogens (primary N) is 1. The SMILES string of the molecule is COc1c(F)cc(F)cc1C(CN)C(=O)O. The number of carboxylic acids is 1. The minimum atomic E-state index is -1.26. The fourth-order valence-electron chi connectivity index (χ4n) is 1.42. The van der Waals surface area contributed by atoms with Crippen molar-refractivity contribution in [3.8, 4) is 5.75 Å². The van der Waals surface area contributed by atoms with Crippen LogP contribution in [0.1, 0.15) is 11.5 Å². The second kappa shape index (κ2) is 4.89. The van der Waals surface area contributed by atoms with E-state index in [2.05, 4.69) is 0 Å². The maximum atomic E-state index is 13.3. The van der Waals surface area contributed by atoms with Crippen molar-refractivity contribution in [3.63, 3.8) is 0 Å². The molecule has 0 saturated carbocycles. The largest absolute Gasteiger partial charge is 0.493 e. The molecule has 1 aromatic rings. The highest BCUT2D eigenvalue weighted by Crippen LogP contribution is 2.30. The van der Waals surface area contributed by atoms with Crippen LogP contribution >= 0.6 is 0 Å². The molecule has 0 radical (unpaired) electrons. The lowest BCUT2D eigenvalue weighted by Gasteiger charge is -2.14. The molecule has 0 aliphatic rings. The summed E-state index contributed by atoms with van der Waals surface area (Å²) in [4.78, 5) is 10.8. The Balaban J connectivity index is 3.34. The van der Waals surface area contributed by atoms with Crippen LogP contribution < -0.4 is 10.5 Å². The van der Waals surface area contributed by atoms with Crippen molar-refractivity contribution in [2.24, 2.45) is 5.73 Å². The van der Waals surface area contributed by atoms with Crippen LogP contribution in [0.15, 0.2) is 12.1 Å². The van der Waals surface area contributed by atoms with E-state index in [-0.39, 0.29) is 17.9 Å². The van der Waals surface area contributed by atoms with Crippen LogP contribution in [-0.4, -0.2) is 24.7 Å². The number of aliphatic carboxylic acids is 1. The van der Waals surface area contributed by atoms with Gasteiger partial charge < -0.3 is 15.6 Å². The maximum Gasteiger partial charge on any atom is 0.312 e. The molecule has 0 fully saturated rings. The van der Waals surface area contributed by atoms with Gasteiger partial charge in [-0.15, -0.1) is 0 Å². The molecule has 16 heavy (non-hydrogen) atoms. The molecular weight excluding hydrogens is 220 g/mol. The number of benzene rings is 1. The lowest BCUT2D eigenvalue weighted by atomic mass is 9.98. The first kappa shape index (κ1) is 12.4. The first-order chi connectivity index (χ1) is 7.51. The Kier molecular flexibility index (Phi) is 3.78. The summed E-state index contributed by atoms with van der Waals surface area (Å²) in [5, 5.41) is 8.85. The van der Waals surface area contributed by atoms with E-state index in [9.17, 15) is 13.6 Å². The summed E-state index contributed by atoms with van der Waals surface area (Å²) in [6, 6.07) is 1.53. The highest BCUT2D eigenvalue weighted by Gasteiger charge is 2.25. The number of hydrogen-bond donors (Lipinski definition) is 2. The Morgan fingerprint density at radius 1 is 1.56 bits per heavy atom. The van der Waals surface area contributed by atoms with Gasteiger partial charge in [0.2, 0.25) is 0 Å². The van der Waals surface area contributed by atoms with Crippen LogP contribution in [0.2, 0.25) is 0 Å². The lowest BCUT2D eigenvalue weighted by Crippen LogP contribution is -2.22. The topological polar surface area (TPSA) is 72.5 Å². The van der Waals surface area contributed by atoms with Gasteiger partial charge in [0.25, 0.3) is 0 Å². The first-order valence-electron chi connectivity index (χ1n) is 4.47. The van der Waals surface area contributed by atoms with Crippen molar-refractivity contribution in [3.05, 3.63) is 29.3 Å². The van der Waals surface area contributed by atoms with Gasteiger partial charge in [-0.2, -0.15) is 0 Å². The molecule has 0 aliphatic heterocycles. The Morgan fingerprint density at radius 3 is 2.62 bits per heavy atom. The van der Waals surface area contributed by atoms with Crippen LogP contribution in [0.3, 0.4) is 0 Å². The monoisotopic (exact) mass is 231 g/mol. The van der Waals surface area contributed by atoms with Crippen LogP contribution in [0.5, 0.6) is 5.75 Å². The average Bonchev–Trinajstić information content (AvgIpc) is 2.17. The number of methoxy groups -OCH3 is 1. The van der Waals surface area contributed by atoms with Crippen LogP contribution in [0.4, 0.5) is 8.78 Å². The van der Waals surface area contributed by atoms with Gasteiger partial charge >= 0.3 is 5.97 Å². The average molecular weight is 231 g/mol. The summed E-state index contributed by atoms with van der Waals surface area (Å²) in [5.74, 6) is -4.56. The summed E-state index contributed by atoms with van der Waals surface area (Å²) >= 11 is 0. The van der Waals surface area contributed by atoms with Crippen molar-refractivity contribution >= 4 is 5.97 Å². The van der Waals surface area contributed by atoms with Gasteiger partial charge in [-0.3, -0.25) is 4.79 Å². The van der Waals surface area contributed by atoms with Gasteiger partial charge in [-0.1, -0.05) is 0 Å². The normalized spacial score (nSPS) is 12.2. The third-order valence-corrected chi connectivity index (χ3v) is 2.15. The molecule has 0 aliphatic carbocycles. The fraction of sp³-hybridized carbons (Fsp3) is 0.300. The van der Waals surface area contributed by atoms with Crippen LogP contribution in [0, 0.1) is 11.6 Å². The van der Waals surface area contributed by atoms with Crippen molar-refractivity contribution in [1.29, 1.82) is 0 Å². The Bertz CT molecular complexity index is 409. The molecule has 0 amide bonds. The van der Waals surface area contributed by atoms with Gasteiger partial charge in [0.1, 0.15) is 5.82 Å². The third-order valence-electron chi connectivity index (χ3n) is 2.15. The Labute approximate surface area is 90.6 Å². The van der Waals surface area contributed by atoms with E-state index in [1.54, 1.807) is 0 Å². The summed E-state index contributed by atoms with van der Waals surface area (Å²) in [6.45, 7) is -0.269. The smallest absolute Gasteiger partial charge is 0.312 e. The summed E-state index contributed by atoms with van der Waals surface area (Å²) in [5.41, 5.74) is 5.15. The quantitative estimate of drug-likeness (QED) is 0.813. The zero-order valence-corrected chi connectivity index (χ0v) is 8.54. The molecule has 1 rings (SSSR count). The minimum absolute atomic E-state index is 0.102. The Morgan fingerprint density at radius 2 is 2.19 bits per heavy atom. The van der Waals surface area contributed by atoms with E-state index in [4.69, 9.17) is 15.6 Å². The highest BCUT2D eigenvalue weighted by molar-refractivity contribution is 5.77. The zero-order valence-electron chi connectivity index (χ0n) is 8.54. The molecule has 0 saturated heterocycles. The maximum absolute atomic E-state index is 13.3. The summed E-state index contributed by atoms with van der Waals surface area (Å²) in [7, 11) is 1.18. The van der Waals surface area contributed by atoms with E-state index in [0.717, 1.165) is 6.07 Å². The molecule has 3 N–H and O–H groups in total. The minimum Gasteiger partial charge on any atom is -0.493 e. The predicted octanol–water partition coefficient (Wildman–Crippen LogP) is 1.10. The second-order valence-electron chi connectivity index (χ2n) is 3.14. The van der Waals surface area contributed by atoms with Gasteiger partial charge in [-0.05, 0) is 6.07 Å². The number of halogens is 2. The molecule has 0 bridgehead atoms. The van der Waals surface area contributed by atoms with Crippen LogP contribution in [0.25, 0.3) is 0 Å². The predicted molar refractivity (Wildman–Crippen MR) is 52.3 cm³/mol. The number of carboxylic acid groups (broad SMARTS) is 1. The summed E-state index contributed by atoms with van der Waals surface area (Å²) < 4.78 is 31.0. The molecule has 88 valence electrons. The van der Waals surface area contributed by atoms with Crippen molar-refractivity contribution in [2.75, 3.05) is 13.7 Å². The molecule has 0 aromatic heterocycles. The van der Waals surface area contributed by atoms with Crippen molar-refractivity contribution < 1.29 is 23.4 Å². The number of carbonyl (C=O) groups is 1. The number of hydrogen-bond acceptors (Lipinski definition) is 3. The van der Waals surface area contributed by atoms with E-state index < -0.39 is 23.5 Å². The van der Waals surface area contributed by atoms with Gasteiger partial charge in [0.15, 0.2) is 11.6 Å². The van der Waals surface area contributed by atoms with E-state index in [0.29, 0.717) is 6.07 Å². The molecule has 0 spiro atoms. The molecule has 1 atom stereocenters. The molecule has 6 heteroatoms. The van der Waals surface area contributed by atoms with Crippen LogP contribution in [-0.2, 0) is 4.79 Å². The van der Waals surface area contributed by atoms with Gasteiger partial charge in [0.05, 0.1) is 13.0 Å². The molecule has 0 heterocycles. The van der Waals surface area contributed by atoms with E-state index in [1.165, 1.54) is 7.11 Å². The summed E-state index contributed by atoms with van der Waals surface area (Å²) in [6.07, 6.45) is 0. The molecule has 4 nitrogen and oxygen atoms in total. The van der Waals surface area contributed by atoms with E-state index in [1.807, 2.05) is 0 Å². The van der Waals surface area contributed by atoms with Gasteiger partial charge in [-0.25, -0.2) is 8.78 Å². The van der Waals surface area contributed by atoms with Gasteiger partial charge in [0, 0.05) is 18.2 Å². The van der Waals surface area contributed by atoms with Crippen molar-refractivity contribution in [1.82, 2.24) is 0 Å². The molecule has 1 aromatic carbocycles. The fourth-order valence-corrected chi connectivity index (χ4v) is 1.42. The third kappa shape index (κ3) is 2.27. The Hall–Kier alpha value is -1.69. The highest BCUT2D eigenvalue weighted by atomic mass is 19.1. The lowest BCUT2D eigenvalue weighted by molar-refractivity contribution is -0.138. The number of rotatable bonds is 4. The first-order valence-corrected chi connectivity index (χ1v) is 4.47. The molecular formula is C10H11F2NO3. The standard InChI is InChI=1S/C10H11F2NO3/c1-16-9-6(7(4-13)10(14)15)2-5(11)3-8(9)12/h2-3,7H,4,13H2,1H3,(H,14,15). The second-order valence-corrected chi connectivity index (χ2v) is 3.14. The van der Waals surface area contributed by atoms with E-state index >= 15 is 0 Å². The molecule has 1 unspecified atom stereocenters.